The highest BCUT2D eigenvalue weighted by Gasteiger charge is 2.64. The molecule has 9 heteroatoms. The van der Waals surface area contributed by atoms with E-state index in [0.717, 1.165) is 19.2 Å². The number of aromatic nitrogens is 2. The molecule has 1 aromatic heterocycles. The van der Waals surface area contributed by atoms with Crippen molar-refractivity contribution in [1.29, 1.82) is 0 Å². The fourth-order valence-corrected chi connectivity index (χ4v) is 1.99. The zero-order chi connectivity index (χ0) is 14.4. The number of hydrogen-bond donors (Lipinski definition) is 3. The van der Waals surface area contributed by atoms with Crippen LogP contribution in [0.5, 0.6) is 0 Å². The third kappa shape index (κ3) is 1.99. The van der Waals surface area contributed by atoms with Crippen molar-refractivity contribution in [2.75, 3.05) is 6.61 Å². The van der Waals surface area contributed by atoms with Gasteiger partial charge in [0.2, 0.25) is 0 Å². The van der Waals surface area contributed by atoms with Gasteiger partial charge in [0, 0.05) is 12.3 Å². The number of rotatable bonds is 2. The summed E-state index contributed by atoms with van der Waals surface area (Å²) in [6, 6.07) is 0.936. The first kappa shape index (κ1) is 13.8. The number of nitrogens with one attached hydrogen (secondary N) is 1. The number of aliphatic hydroxyl groups is 2. The lowest BCUT2D eigenvalue weighted by Gasteiger charge is -2.25. The average Bonchev–Trinajstić information content (AvgIpc) is 2.51. The maximum absolute atomic E-state index is 13.9. The van der Waals surface area contributed by atoms with Gasteiger partial charge in [-0.25, -0.2) is 13.6 Å². The Morgan fingerprint density at radius 1 is 1.58 bits per heavy atom. The van der Waals surface area contributed by atoms with Gasteiger partial charge in [-0.2, -0.15) is 0 Å². The molecule has 1 fully saturated rings. The molecule has 0 unspecified atom stereocenters. The first-order valence-electron chi connectivity index (χ1n) is 5.38. The fraction of sp³-hybridized carbons (Fsp3) is 0.600. The molecule has 1 aliphatic heterocycles. The minimum atomic E-state index is -3.12. The van der Waals surface area contributed by atoms with E-state index in [1.165, 1.54) is 0 Å². The summed E-state index contributed by atoms with van der Waals surface area (Å²) in [6.07, 6.45) is -3.34. The first-order valence-corrected chi connectivity index (χ1v) is 5.38. The molecule has 0 bridgehead atoms. The Kier molecular flexibility index (Phi) is 3.07. The van der Waals surface area contributed by atoms with Gasteiger partial charge in [0.05, 0.1) is 0 Å². The highest BCUT2D eigenvalue weighted by Crippen LogP contribution is 2.46. The van der Waals surface area contributed by atoms with E-state index in [-0.39, 0.29) is 0 Å². The number of alkyl halides is 2. The SMILES string of the molecule is C[C@]1(O)[C@H](n2ccc(=O)[nH]c2=O)O[C@](F)(CO)[C@H]1F. The van der Waals surface area contributed by atoms with Gasteiger partial charge >= 0.3 is 5.69 Å². The summed E-state index contributed by atoms with van der Waals surface area (Å²) in [4.78, 5) is 24.3. The zero-order valence-electron chi connectivity index (χ0n) is 9.84. The van der Waals surface area contributed by atoms with Crippen LogP contribution >= 0.6 is 0 Å². The van der Waals surface area contributed by atoms with E-state index in [9.17, 15) is 23.5 Å². The smallest absolute Gasteiger partial charge is 0.330 e. The predicted molar refractivity (Wildman–Crippen MR) is 57.9 cm³/mol. The van der Waals surface area contributed by atoms with Crippen molar-refractivity contribution in [1.82, 2.24) is 9.55 Å². The molecule has 3 N–H and O–H groups in total. The first-order chi connectivity index (χ1) is 8.72. The van der Waals surface area contributed by atoms with Crippen molar-refractivity contribution in [3.05, 3.63) is 33.1 Å². The maximum atomic E-state index is 13.9. The summed E-state index contributed by atoms with van der Waals surface area (Å²) in [5.41, 5.74) is -4.09. The summed E-state index contributed by atoms with van der Waals surface area (Å²) < 4.78 is 33.0. The Labute approximate surface area is 105 Å². The van der Waals surface area contributed by atoms with Crippen LogP contribution in [0.25, 0.3) is 0 Å². The normalized spacial score (nSPS) is 38.6. The quantitative estimate of drug-likeness (QED) is 0.631. The Hall–Kier alpha value is -1.58. The summed E-state index contributed by atoms with van der Waals surface area (Å²) in [5.74, 6) is -3.12. The molecule has 0 saturated carbocycles. The van der Waals surface area contributed by atoms with E-state index in [0.29, 0.717) is 4.57 Å². The van der Waals surface area contributed by atoms with Crippen molar-refractivity contribution >= 4 is 0 Å². The average molecular weight is 278 g/mol. The number of aromatic amines is 1. The molecule has 1 aromatic rings. The van der Waals surface area contributed by atoms with Gasteiger partial charge in [0.25, 0.3) is 11.4 Å². The monoisotopic (exact) mass is 278 g/mol. The van der Waals surface area contributed by atoms with Crippen LogP contribution in [0.1, 0.15) is 13.2 Å². The van der Waals surface area contributed by atoms with Gasteiger partial charge in [0.15, 0.2) is 12.4 Å². The number of ether oxygens (including phenoxy) is 1. The number of halogens is 2. The Morgan fingerprint density at radius 3 is 2.68 bits per heavy atom. The van der Waals surface area contributed by atoms with E-state index < -0.39 is 41.7 Å². The van der Waals surface area contributed by atoms with Crippen molar-refractivity contribution in [3.63, 3.8) is 0 Å². The van der Waals surface area contributed by atoms with E-state index in [4.69, 9.17) is 5.11 Å². The third-order valence-electron chi connectivity index (χ3n) is 3.02. The van der Waals surface area contributed by atoms with Crippen molar-refractivity contribution in [2.45, 2.75) is 30.8 Å². The lowest BCUT2D eigenvalue weighted by molar-refractivity contribution is -0.197. The molecule has 19 heavy (non-hydrogen) atoms. The number of nitrogens with zero attached hydrogens (tertiary/aromatic N) is 1. The molecule has 7 nitrogen and oxygen atoms in total. The Bertz CT molecular complexity index is 598. The van der Waals surface area contributed by atoms with Crippen LogP contribution in [-0.4, -0.2) is 44.0 Å². The van der Waals surface area contributed by atoms with Gasteiger partial charge < -0.3 is 14.9 Å². The van der Waals surface area contributed by atoms with Crippen LogP contribution in [0.2, 0.25) is 0 Å². The summed E-state index contributed by atoms with van der Waals surface area (Å²) in [6.45, 7) is -0.393. The topological polar surface area (TPSA) is 105 Å². The predicted octanol–water partition coefficient (Wildman–Crippen LogP) is -1.19. The van der Waals surface area contributed by atoms with Crippen LogP contribution in [-0.2, 0) is 4.74 Å². The lowest BCUT2D eigenvalue weighted by Crippen LogP contribution is -2.47. The second-order valence-electron chi connectivity index (χ2n) is 4.52. The minimum absolute atomic E-state index is 0.644. The molecule has 0 aromatic carbocycles. The van der Waals surface area contributed by atoms with Crippen molar-refractivity contribution < 1.29 is 23.7 Å². The molecule has 4 atom stereocenters. The molecule has 106 valence electrons. The van der Waals surface area contributed by atoms with Gasteiger partial charge in [0.1, 0.15) is 12.2 Å². The summed E-state index contributed by atoms with van der Waals surface area (Å²) >= 11 is 0. The standard InChI is InChI=1S/C10H12F2N2O5/c1-9(18)6(11)10(12,4-15)19-7(9)14-3-2-5(16)13-8(14)17/h2-3,6-7,15,18H,4H2,1H3,(H,13,16,17)/t6-,7+,9+,10+/m0/s1. The number of hydrogen-bond acceptors (Lipinski definition) is 5. The van der Waals surface area contributed by atoms with Crippen molar-refractivity contribution in [3.8, 4) is 0 Å². The highest BCUT2D eigenvalue weighted by atomic mass is 19.2. The van der Waals surface area contributed by atoms with Crippen LogP contribution in [0.4, 0.5) is 8.78 Å². The van der Waals surface area contributed by atoms with Gasteiger partial charge in [-0.15, -0.1) is 0 Å². The van der Waals surface area contributed by atoms with Crippen LogP contribution in [0.15, 0.2) is 21.9 Å². The summed E-state index contributed by atoms with van der Waals surface area (Å²) in [7, 11) is 0. The molecular formula is C10H12F2N2O5. The van der Waals surface area contributed by atoms with E-state index in [1.54, 1.807) is 0 Å². The van der Waals surface area contributed by atoms with Crippen LogP contribution in [0, 0.1) is 0 Å². The zero-order valence-corrected chi connectivity index (χ0v) is 9.84. The van der Waals surface area contributed by atoms with Crippen LogP contribution < -0.4 is 11.2 Å². The van der Waals surface area contributed by atoms with Crippen LogP contribution in [0.3, 0.4) is 0 Å². The number of aliphatic hydroxyl groups excluding tert-OH is 1. The molecule has 2 rings (SSSR count). The molecule has 0 amide bonds. The largest absolute Gasteiger partial charge is 0.390 e. The molecule has 1 saturated heterocycles. The maximum Gasteiger partial charge on any atom is 0.330 e. The van der Waals surface area contributed by atoms with Gasteiger partial charge in [-0.3, -0.25) is 14.3 Å². The Balaban J connectivity index is 2.51. The second-order valence-corrected chi connectivity index (χ2v) is 4.52. The number of H-pyrrole nitrogens is 1. The van der Waals surface area contributed by atoms with E-state index in [1.807, 2.05) is 4.98 Å². The third-order valence-corrected chi connectivity index (χ3v) is 3.02. The molecule has 0 spiro atoms. The molecule has 1 aliphatic rings. The summed E-state index contributed by atoms with van der Waals surface area (Å²) in [5, 5.41) is 18.7. The Morgan fingerprint density at radius 2 is 2.21 bits per heavy atom. The molecule has 0 aliphatic carbocycles. The van der Waals surface area contributed by atoms with Crippen molar-refractivity contribution in [2.24, 2.45) is 0 Å². The highest BCUT2D eigenvalue weighted by molar-refractivity contribution is 5.04. The molecule has 0 radical (unpaired) electrons. The second kappa shape index (κ2) is 4.22. The van der Waals surface area contributed by atoms with E-state index >= 15 is 0 Å². The van der Waals surface area contributed by atoms with Gasteiger partial charge in [-0.1, -0.05) is 0 Å². The van der Waals surface area contributed by atoms with Gasteiger partial charge in [-0.05, 0) is 6.92 Å². The lowest BCUT2D eigenvalue weighted by atomic mass is 9.97. The van der Waals surface area contributed by atoms with E-state index in [2.05, 4.69) is 4.74 Å². The fourth-order valence-electron chi connectivity index (χ4n) is 1.99. The molecule has 2 heterocycles. The molecular weight excluding hydrogens is 266 g/mol. The minimum Gasteiger partial charge on any atom is -0.390 e.